The highest BCUT2D eigenvalue weighted by atomic mass is 35.5. The Balaban J connectivity index is 2.24. The molecule has 1 aliphatic rings. The second-order valence-corrected chi connectivity index (χ2v) is 5.83. The standard InChI is InChI=1S/C15H23ClN2O/c1-11-10-18(7-4-8-19-11)15(12(2)17)13-5-3-6-14(16)9-13/h3,5-6,9,11-12,15H,4,7-8,10,17H2,1-2H3. The maximum atomic E-state index is 6.22. The predicted octanol–water partition coefficient (Wildman–Crippen LogP) is 2.84. The van der Waals surface area contributed by atoms with Gasteiger partial charge in [-0.1, -0.05) is 23.7 Å². The summed E-state index contributed by atoms with van der Waals surface area (Å²) in [4.78, 5) is 2.42. The van der Waals surface area contributed by atoms with E-state index in [4.69, 9.17) is 22.1 Å². The fourth-order valence-electron chi connectivity index (χ4n) is 2.82. The van der Waals surface area contributed by atoms with Gasteiger partial charge < -0.3 is 10.5 Å². The second-order valence-electron chi connectivity index (χ2n) is 5.39. The quantitative estimate of drug-likeness (QED) is 0.926. The molecule has 1 aliphatic heterocycles. The summed E-state index contributed by atoms with van der Waals surface area (Å²) in [7, 11) is 0. The Morgan fingerprint density at radius 3 is 2.95 bits per heavy atom. The number of halogens is 1. The Hall–Kier alpha value is -0.610. The third-order valence-corrected chi connectivity index (χ3v) is 3.80. The van der Waals surface area contributed by atoms with Gasteiger partial charge in [0, 0.05) is 36.8 Å². The summed E-state index contributed by atoms with van der Waals surface area (Å²) in [5.74, 6) is 0. The maximum absolute atomic E-state index is 6.22. The molecule has 0 bridgehead atoms. The molecule has 1 fully saturated rings. The van der Waals surface area contributed by atoms with Crippen molar-refractivity contribution in [3.8, 4) is 0 Å². The lowest BCUT2D eigenvalue weighted by molar-refractivity contribution is 0.0583. The lowest BCUT2D eigenvalue weighted by atomic mass is 9.98. The summed E-state index contributed by atoms with van der Waals surface area (Å²) in [5, 5.41) is 0.766. The predicted molar refractivity (Wildman–Crippen MR) is 79.4 cm³/mol. The van der Waals surface area contributed by atoms with Gasteiger partial charge in [-0.05, 0) is 38.0 Å². The zero-order chi connectivity index (χ0) is 13.8. The van der Waals surface area contributed by atoms with E-state index < -0.39 is 0 Å². The molecule has 1 aromatic rings. The van der Waals surface area contributed by atoms with E-state index in [0.29, 0.717) is 0 Å². The zero-order valence-electron chi connectivity index (χ0n) is 11.7. The highest BCUT2D eigenvalue weighted by Gasteiger charge is 2.27. The van der Waals surface area contributed by atoms with Crippen molar-refractivity contribution in [1.82, 2.24) is 4.90 Å². The molecule has 0 amide bonds. The average molecular weight is 283 g/mol. The first kappa shape index (κ1) is 14.8. The first-order chi connectivity index (χ1) is 9.08. The number of rotatable bonds is 3. The summed E-state index contributed by atoms with van der Waals surface area (Å²) >= 11 is 6.11. The summed E-state index contributed by atoms with van der Waals surface area (Å²) in [6.07, 6.45) is 1.30. The van der Waals surface area contributed by atoms with Gasteiger partial charge in [-0.3, -0.25) is 4.90 Å². The Bertz CT molecular complexity index is 411. The molecule has 1 aromatic carbocycles. The van der Waals surface area contributed by atoms with E-state index in [1.54, 1.807) is 0 Å². The van der Waals surface area contributed by atoms with Gasteiger partial charge in [0.25, 0.3) is 0 Å². The number of nitrogens with zero attached hydrogens (tertiary/aromatic N) is 1. The van der Waals surface area contributed by atoms with Crippen LogP contribution in [0.1, 0.15) is 31.9 Å². The molecule has 3 atom stereocenters. The summed E-state index contributed by atoms with van der Waals surface area (Å²) in [6.45, 7) is 6.94. The molecule has 2 N–H and O–H groups in total. The molecule has 19 heavy (non-hydrogen) atoms. The van der Waals surface area contributed by atoms with Crippen molar-refractivity contribution in [2.45, 2.75) is 38.5 Å². The second kappa shape index (κ2) is 6.71. The van der Waals surface area contributed by atoms with Crippen LogP contribution in [0.5, 0.6) is 0 Å². The SMILES string of the molecule is CC1CN(C(c2cccc(Cl)c2)C(C)N)CCCO1. The van der Waals surface area contributed by atoms with E-state index in [9.17, 15) is 0 Å². The molecular formula is C15H23ClN2O. The average Bonchev–Trinajstić information content (AvgIpc) is 2.54. The Morgan fingerprint density at radius 2 is 2.26 bits per heavy atom. The Morgan fingerprint density at radius 1 is 1.47 bits per heavy atom. The fraction of sp³-hybridized carbons (Fsp3) is 0.600. The number of benzene rings is 1. The van der Waals surface area contributed by atoms with Crippen molar-refractivity contribution < 1.29 is 4.74 Å². The van der Waals surface area contributed by atoms with Gasteiger partial charge in [0.15, 0.2) is 0 Å². The monoisotopic (exact) mass is 282 g/mol. The topological polar surface area (TPSA) is 38.5 Å². The van der Waals surface area contributed by atoms with Gasteiger partial charge >= 0.3 is 0 Å². The molecule has 0 saturated carbocycles. The molecule has 0 spiro atoms. The van der Waals surface area contributed by atoms with Crippen LogP contribution in [0.3, 0.4) is 0 Å². The molecule has 2 rings (SSSR count). The largest absolute Gasteiger partial charge is 0.377 e. The van der Waals surface area contributed by atoms with E-state index in [1.165, 1.54) is 5.56 Å². The lowest BCUT2D eigenvalue weighted by Crippen LogP contribution is -2.42. The highest BCUT2D eigenvalue weighted by molar-refractivity contribution is 6.30. The Labute approximate surface area is 120 Å². The van der Waals surface area contributed by atoms with Crippen molar-refractivity contribution in [2.75, 3.05) is 19.7 Å². The molecule has 0 radical (unpaired) electrons. The van der Waals surface area contributed by atoms with Gasteiger partial charge in [0.2, 0.25) is 0 Å². The molecule has 3 nitrogen and oxygen atoms in total. The van der Waals surface area contributed by atoms with Crippen molar-refractivity contribution >= 4 is 11.6 Å². The van der Waals surface area contributed by atoms with E-state index in [2.05, 4.69) is 24.8 Å². The molecule has 4 heteroatoms. The molecule has 3 unspecified atom stereocenters. The van der Waals surface area contributed by atoms with Crippen LogP contribution in [0.15, 0.2) is 24.3 Å². The van der Waals surface area contributed by atoms with Crippen LogP contribution < -0.4 is 5.73 Å². The van der Waals surface area contributed by atoms with Crippen molar-refractivity contribution in [1.29, 1.82) is 0 Å². The first-order valence-corrected chi connectivity index (χ1v) is 7.32. The zero-order valence-corrected chi connectivity index (χ0v) is 12.4. The van der Waals surface area contributed by atoms with Crippen LogP contribution in [0.2, 0.25) is 5.02 Å². The van der Waals surface area contributed by atoms with Gasteiger partial charge in [-0.15, -0.1) is 0 Å². The number of nitrogens with two attached hydrogens (primary N) is 1. The van der Waals surface area contributed by atoms with Crippen molar-refractivity contribution in [3.05, 3.63) is 34.9 Å². The van der Waals surface area contributed by atoms with Gasteiger partial charge in [-0.25, -0.2) is 0 Å². The number of ether oxygens (including phenoxy) is 1. The van der Waals surface area contributed by atoms with Crippen LogP contribution in [0, 0.1) is 0 Å². The third-order valence-electron chi connectivity index (χ3n) is 3.57. The molecule has 0 aliphatic carbocycles. The number of hydrogen-bond donors (Lipinski definition) is 1. The third kappa shape index (κ3) is 3.93. The van der Waals surface area contributed by atoms with E-state index >= 15 is 0 Å². The first-order valence-electron chi connectivity index (χ1n) is 6.94. The lowest BCUT2D eigenvalue weighted by Gasteiger charge is -2.34. The van der Waals surface area contributed by atoms with E-state index in [-0.39, 0.29) is 18.2 Å². The fourth-order valence-corrected chi connectivity index (χ4v) is 3.02. The van der Waals surface area contributed by atoms with Crippen LogP contribution in [-0.4, -0.2) is 36.7 Å². The molecule has 1 heterocycles. The summed E-state index contributed by atoms with van der Waals surface area (Å²) < 4.78 is 5.71. The van der Waals surface area contributed by atoms with Gasteiger partial charge in [0.05, 0.1) is 6.10 Å². The van der Waals surface area contributed by atoms with Crippen LogP contribution in [-0.2, 0) is 4.74 Å². The summed E-state index contributed by atoms with van der Waals surface area (Å²) in [6, 6.07) is 8.27. The minimum absolute atomic E-state index is 0.0590. The van der Waals surface area contributed by atoms with Gasteiger partial charge in [0.1, 0.15) is 0 Å². The van der Waals surface area contributed by atoms with Crippen molar-refractivity contribution in [3.63, 3.8) is 0 Å². The Kier molecular flexibility index (Phi) is 5.22. The van der Waals surface area contributed by atoms with Crippen LogP contribution >= 0.6 is 11.6 Å². The molecule has 1 saturated heterocycles. The van der Waals surface area contributed by atoms with Crippen LogP contribution in [0.4, 0.5) is 0 Å². The normalized spacial score (nSPS) is 24.7. The molecular weight excluding hydrogens is 260 g/mol. The van der Waals surface area contributed by atoms with Gasteiger partial charge in [-0.2, -0.15) is 0 Å². The van der Waals surface area contributed by atoms with Crippen LogP contribution in [0.25, 0.3) is 0 Å². The minimum atomic E-state index is 0.0590. The highest BCUT2D eigenvalue weighted by Crippen LogP contribution is 2.27. The smallest absolute Gasteiger partial charge is 0.0674 e. The maximum Gasteiger partial charge on any atom is 0.0674 e. The summed E-state index contributed by atoms with van der Waals surface area (Å²) in [5.41, 5.74) is 7.41. The van der Waals surface area contributed by atoms with E-state index in [1.807, 2.05) is 18.2 Å². The molecule has 0 aromatic heterocycles. The molecule has 106 valence electrons. The minimum Gasteiger partial charge on any atom is -0.377 e. The number of hydrogen-bond acceptors (Lipinski definition) is 3. The van der Waals surface area contributed by atoms with Crippen molar-refractivity contribution in [2.24, 2.45) is 5.73 Å². The van der Waals surface area contributed by atoms with E-state index in [0.717, 1.165) is 31.1 Å².